The van der Waals surface area contributed by atoms with Gasteiger partial charge in [0.25, 0.3) is 0 Å². The second-order valence-corrected chi connectivity index (χ2v) is 9.44. The van der Waals surface area contributed by atoms with Crippen molar-refractivity contribution in [2.75, 3.05) is 45.9 Å². The first-order chi connectivity index (χ1) is 18.7. The number of hydrogen-bond acceptors (Lipinski definition) is 7. The van der Waals surface area contributed by atoms with Crippen molar-refractivity contribution in [3.05, 3.63) is 100 Å². The molecule has 3 aromatic carbocycles. The van der Waals surface area contributed by atoms with E-state index in [1.807, 2.05) is 29.9 Å². The number of rotatable bonds is 10. The van der Waals surface area contributed by atoms with Gasteiger partial charge in [0.2, 0.25) is 0 Å². The van der Waals surface area contributed by atoms with E-state index in [1.165, 1.54) is 11.1 Å². The van der Waals surface area contributed by atoms with Gasteiger partial charge in [0, 0.05) is 56.3 Å². The van der Waals surface area contributed by atoms with Gasteiger partial charge in [0.05, 0.1) is 11.6 Å². The molecule has 3 N–H and O–H groups in total. The molecule has 0 aliphatic carbocycles. The molecule has 196 valence electrons. The number of piperazine rings is 1. The highest BCUT2D eigenvalue weighted by molar-refractivity contribution is 6.30. The number of nitrogens with one attached hydrogen (secondary N) is 2. The summed E-state index contributed by atoms with van der Waals surface area (Å²) in [4.78, 5) is 4.93. The zero-order chi connectivity index (χ0) is 26.6. The lowest BCUT2D eigenvalue weighted by molar-refractivity contribution is 0.0977. The van der Waals surface area contributed by atoms with Gasteiger partial charge in [-0.1, -0.05) is 65.9 Å². The van der Waals surface area contributed by atoms with Crippen LogP contribution in [0.4, 0.5) is 0 Å². The Hall–Kier alpha value is -3.40. The van der Waals surface area contributed by atoms with Crippen molar-refractivity contribution in [3.8, 4) is 23.7 Å². The minimum Gasteiger partial charge on any atom is -0.491 e. The Labute approximate surface area is 229 Å². The second-order valence-electron chi connectivity index (χ2n) is 9.00. The van der Waals surface area contributed by atoms with E-state index in [0.717, 1.165) is 43.3 Å². The highest BCUT2D eigenvalue weighted by Crippen LogP contribution is 2.30. The number of ether oxygens (including phenoxy) is 1. The molecule has 0 spiro atoms. The van der Waals surface area contributed by atoms with Gasteiger partial charge < -0.3 is 9.94 Å². The van der Waals surface area contributed by atoms with E-state index in [0.29, 0.717) is 30.9 Å². The molecule has 1 atom stereocenters. The third-order valence-electron chi connectivity index (χ3n) is 6.52. The van der Waals surface area contributed by atoms with E-state index < -0.39 is 0 Å². The molecule has 3 aromatic rings. The van der Waals surface area contributed by atoms with Crippen LogP contribution in [0.25, 0.3) is 0 Å². The molecular formula is C30H32ClN5O2. The average Bonchev–Trinajstić information content (AvgIpc) is 2.96. The summed E-state index contributed by atoms with van der Waals surface area (Å²) in [6, 6.07) is 26.6. The summed E-state index contributed by atoms with van der Waals surface area (Å²) in [5, 5.41) is 18.8. The molecule has 1 aliphatic heterocycles. The van der Waals surface area contributed by atoms with Crippen molar-refractivity contribution in [1.29, 1.82) is 5.26 Å². The number of hydrogen-bond donors (Lipinski definition) is 3. The molecule has 1 saturated heterocycles. The Balaban J connectivity index is 1.30. The van der Waals surface area contributed by atoms with Crippen molar-refractivity contribution in [3.63, 3.8) is 0 Å². The Morgan fingerprint density at radius 1 is 0.974 bits per heavy atom. The first kappa shape index (κ1) is 27.6. The number of nitrogens with zero attached hydrogens (tertiary/aromatic N) is 3. The molecule has 1 fully saturated rings. The maximum Gasteiger partial charge on any atom is 0.137 e. The fourth-order valence-corrected chi connectivity index (χ4v) is 4.72. The van der Waals surface area contributed by atoms with Gasteiger partial charge in [-0.05, 0) is 41.5 Å². The van der Waals surface area contributed by atoms with Crippen molar-refractivity contribution in [2.24, 2.45) is 0 Å². The van der Waals surface area contributed by atoms with Crippen LogP contribution in [0.15, 0.2) is 72.8 Å². The van der Waals surface area contributed by atoms with Gasteiger partial charge in [-0.2, -0.15) is 5.26 Å². The van der Waals surface area contributed by atoms with E-state index in [1.54, 1.807) is 6.07 Å². The fraction of sp³-hybridized carbons (Fsp3) is 0.300. The van der Waals surface area contributed by atoms with Gasteiger partial charge in [-0.3, -0.25) is 9.80 Å². The van der Waals surface area contributed by atoms with Gasteiger partial charge in [-0.25, -0.2) is 5.43 Å². The molecule has 8 heteroatoms. The van der Waals surface area contributed by atoms with Crippen molar-refractivity contribution < 1.29 is 9.94 Å². The topological polar surface area (TPSA) is 83.8 Å². The van der Waals surface area contributed by atoms with E-state index in [-0.39, 0.29) is 6.04 Å². The van der Waals surface area contributed by atoms with Crippen LogP contribution >= 0.6 is 11.6 Å². The molecule has 0 aromatic heterocycles. The molecule has 1 heterocycles. The number of hydrazine groups is 1. The minimum absolute atomic E-state index is 0.189. The molecular weight excluding hydrogens is 498 g/mol. The van der Waals surface area contributed by atoms with Crippen LogP contribution < -0.4 is 15.8 Å². The van der Waals surface area contributed by atoms with Gasteiger partial charge in [0.15, 0.2) is 0 Å². The largest absolute Gasteiger partial charge is 0.491 e. The number of nitriles is 1. The summed E-state index contributed by atoms with van der Waals surface area (Å²) in [5.41, 5.74) is 8.19. The van der Waals surface area contributed by atoms with E-state index in [2.05, 4.69) is 75.6 Å². The van der Waals surface area contributed by atoms with Crippen molar-refractivity contribution in [1.82, 2.24) is 20.8 Å². The average molecular weight is 530 g/mol. The SMILES string of the molecule is N#Cc1cc(C#CCCNNO)ccc1OCCN1CCN([C@H](c2ccccc2)c2ccc(Cl)cc2)CC1. The van der Waals surface area contributed by atoms with Crippen LogP contribution in [0.5, 0.6) is 5.75 Å². The highest BCUT2D eigenvalue weighted by atomic mass is 35.5. The van der Waals surface area contributed by atoms with Crippen molar-refractivity contribution in [2.45, 2.75) is 12.5 Å². The first-order valence-corrected chi connectivity index (χ1v) is 13.1. The maximum atomic E-state index is 9.57. The van der Waals surface area contributed by atoms with Crippen molar-refractivity contribution >= 4 is 11.6 Å². The molecule has 38 heavy (non-hydrogen) atoms. The third kappa shape index (κ3) is 7.80. The lowest BCUT2D eigenvalue weighted by Gasteiger charge is -2.39. The molecule has 4 rings (SSSR count). The zero-order valence-corrected chi connectivity index (χ0v) is 22.0. The van der Waals surface area contributed by atoms with Gasteiger partial charge in [-0.15, -0.1) is 5.59 Å². The number of halogens is 1. The van der Waals surface area contributed by atoms with Crippen LogP contribution in [0.3, 0.4) is 0 Å². The third-order valence-corrected chi connectivity index (χ3v) is 6.78. The minimum atomic E-state index is 0.189. The smallest absolute Gasteiger partial charge is 0.137 e. The highest BCUT2D eigenvalue weighted by Gasteiger charge is 2.26. The van der Waals surface area contributed by atoms with Crippen LogP contribution in [-0.4, -0.2) is 60.9 Å². The van der Waals surface area contributed by atoms with E-state index in [4.69, 9.17) is 21.5 Å². The number of benzene rings is 3. The predicted molar refractivity (Wildman–Crippen MR) is 149 cm³/mol. The summed E-state index contributed by atoms with van der Waals surface area (Å²) in [6.07, 6.45) is 0.562. The molecule has 0 radical (unpaired) electrons. The Morgan fingerprint density at radius 3 is 2.42 bits per heavy atom. The standard InChI is InChI=1S/C30H32ClN5O2/c31-28-12-10-26(11-13-28)30(25-7-2-1-3-8-25)36-18-16-35(17-19-36)20-21-38-29-14-9-24(22-27(29)23-32)6-4-5-15-33-34-37/h1-3,7-14,22,30,33-34,37H,5,15-21H2/t30-/m1/s1. The monoisotopic (exact) mass is 529 g/mol. The predicted octanol–water partition coefficient (Wildman–Crippen LogP) is 4.22. The van der Waals surface area contributed by atoms with Gasteiger partial charge >= 0.3 is 0 Å². The molecule has 7 nitrogen and oxygen atoms in total. The Kier molecular flexibility index (Phi) is 10.6. The molecule has 1 aliphatic rings. The summed E-state index contributed by atoms with van der Waals surface area (Å²) in [5.74, 6) is 6.60. The first-order valence-electron chi connectivity index (χ1n) is 12.7. The Morgan fingerprint density at radius 2 is 1.71 bits per heavy atom. The lowest BCUT2D eigenvalue weighted by Crippen LogP contribution is -2.48. The summed E-state index contributed by atoms with van der Waals surface area (Å²) >= 11 is 6.16. The Bertz CT molecular complexity index is 1260. The van der Waals surface area contributed by atoms with Gasteiger partial charge in [0.1, 0.15) is 18.4 Å². The van der Waals surface area contributed by atoms with Crippen LogP contribution in [0.2, 0.25) is 5.02 Å². The molecule has 0 bridgehead atoms. The maximum absolute atomic E-state index is 9.57. The second kappa shape index (κ2) is 14.5. The lowest BCUT2D eigenvalue weighted by atomic mass is 9.96. The molecule has 0 unspecified atom stereocenters. The summed E-state index contributed by atoms with van der Waals surface area (Å²) in [6.45, 7) is 5.60. The molecule has 0 saturated carbocycles. The van der Waals surface area contributed by atoms with Crippen LogP contribution in [0.1, 0.15) is 34.7 Å². The van der Waals surface area contributed by atoms with E-state index >= 15 is 0 Å². The zero-order valence-electron chi connectivity index (χ0n) is 21.2. The quantitative estimate of drug-likeness (QED) is 0.206. The van der Waals surface area contributed by atoms with E-state index in [9.17, 15) is 5.26 Å². The van der Waals surface area contributed by atoms with Crippen LogP contribution in [0, 0.1) is 23.2 Å². The summed E-state index contributed by atoms with van der Waals surface area (Å²) < 4.78 is 5.98. The van der Waals surface area contributed by atoms with Crippen LogP contribution in [-0.2, 0) is 0 Å². The molecule has 0 amide bonds. The normalized spacial score (nSPS) is 14.8. The summed E-state index contributed by atoms with van der Waals surface area (Å²) in [7, 11) is 0. The fourth-order valence-electron chi connectivity index (χ4n) is 4.59.